The third-order valence-corrected chi connectivity index (χ3v) is 2.74. The highest BCUT2D eigenvalue weighted by Gasteiger charge is 2.14. The van der Waals surface area contributed by atoms with E-state index in [-0.39, 0.29) is 0 Å². The second-order valence-electron chi connectivity index (χ2n) is 3.99. The van der Waals surface area contributed by atoms with Crippen LogP contribution in [0.25, 0.3) is 0 Å². The first-order chi connectivity index (χ1) is 7.75. The normalized spacial score (nSPS) is 19.9. The highest BCUT2D eigenvalue weighted by atomic mass is 16.5. The van der Waals surface area contributed by atoms with E-state index in [0.717, 1.165) is 25.1 Å². The minimum absolute atomic E-state index is 0.316. The number of nitrogens with one attached hydrogen (secondary N) is 1. The van der Waals surface area contributed by atoms with Gasteiger partial charge in [0.1, 0.15) is 0 Å². The quantitative estimate of drug-likeness (QED) is 0.783. The Kier molecular flexibility index (Phi) is 3.54. The van der Waals surface area contributed by atoms with E-state index in [0.29, 0.717) is 18.3 Å². The summed E-state index contributed by atoms with van der Waals surface area (Å²) in [5.74, 6) is -0.396. The molecule has 1 atom stereocenters. The molecule has 16 heavy (non-hydrogen) atoms. The van der Waals surface area contributed by atoms with Gasteiger partial charge in [-0.05, 0) is 30.7 Å². The number of carbonyl (C=O) groups is 1. The molecule has 3 N–H and O–H groups in total. The molecule has 1 aliphatic rings. The van der Waals surface area contributed by atoms with E-state index in [1.165, 1.54) is 0 Å². The standard InChI is InChI=1S/C12H16N2O2/c13-12(15)10-3-1-9(2-4-10)8-16-11-5-6-14-7-11/h1-4,11,14H,5-8H2,(H2,13,15). The third-order valence-electron chi connectivity index (χ3n) is 2.74. The molecule has 0 bridgehead atoms. The molecular weight excluding hydrogens is 204 g/mol. The van der Waals surface area contributed by atoms with Gasteiger partial charge in [0, 0.05) is 12.1 Å². The number of primary amides is 1. The zero-order valence-corrected chi connectivity index (χ0v) is 9.11. The van der Waals surface area contributed by atoms with E-state index in [4.69, 9.17) is 10.5 Å². The van der Waals surface area contributed by atoms with E-state index in [1.54, 1.807) is 12.1 Å². The van der Waals surface area contributed by atoms with Crippen molar-refractivity contribution in [3.8, 4) is 0 Å². The number of ether oxygens (including phenoxy) is 1. The van der Waals surface area contributed by atoms with Crippen LogP contribution in [0.15, 0.2) is 24.3 Å². The van der Waals surface area contributed by atoms with Crippen molar-refractivity contribution in [3.63, 3.8) is 0 Å². The predicted octanol–water partition coefficient (Wildman–Crippen LogP) is 0.664. The fourth-order valence-corrected chi connectivity index (χ4v) is 1.75. The molecule has 0 aromatic heterocycles. The zero-order valence-electron chi connectivity index (χ0n) is 9.11. The van der Waals surface area contributed by atoms with E-state index in [9.17, 15) is 4.79 Å². The molecule has 0 spiro atoms. The van der Waals surface area contributed by atoms with Crippen LogP contribution < -0.4 is 11.1 Å². The molecule has 1 unspecified atom stereocenters. The zero-order chi connectivity index (χ0) is 11.4. The van der Waals surface area contributed by atoms with Crippen molar-refractivity contribution in [3.05, 3.63) is 35.4 Å². The lowest BCUT2D eigenvalue weighted by Crippen LogP contribution is -2.16. The van der Waals surface area contributed by atoms with Crippen molar-refractivity contribution in [1.82, 2.24) is 5.32 Å². The summed E-state index contributed by atoms with van der Waals surface area (Å²) >= 11 is 0. The summed E-state index contributed by atoms with van der Waals surface area (Å²) in [5, 5.41) is 3.25. The fourth-order valence-electron chi connectivity index (χ4n) is 1.75. The molecule has 1 saturated heterocycles. The van der Waals surface area contributed by atoms with Crippen molar-refractivity contribution in [2.24, 2.45) is 5.73 Å². The number of hydrogen-bond acceptors (Lipinski definition) is 3. The molecular formula is C12H16N2O2. The Bertz CT molecular complexity index is 356. The van der Waals surface area contributed by atoms with Gasteiger partial charge < -0.3 is 15.8 Å². The monoisotopic (exact) mass is 220 g/mol. The van der Waals surface area contributed by atoms with Crippen molar-refractivity contribution in [2.75, 3.05) is 13.1 Å². The minimum atomic E-state index is -0.396. The number of rotatable bonds is 4. The van der Waals surface area contributed by atoms with Gasteiger partial charge in [-0.25, -0.2) is 0 Å². The number of carbonyl (C=O) groups excluding carboxylic acids is 1. The molecule has 0 radical (unpaired) electrons. The topological polar surface area (TPSA) is 64.4 Å². The van der Waals surface area contributed by atoms with Gasteiger partial charge in [-0.2, -0.15) is 0 Å². The Morgan fingerprint density at radius 1 is 1.44 bits per heavy atom. The van der Waals surface area contributed by atoms with Gasteiger partial charge in [-0.15, -0.1) is 0 Å². The van der Waals surface area contributed by atoms with Gasteiger partial charge >= 0.3 is 0 Å². The maximum absolute atomic E-state index is 10.9. The highest BCUT2D eigenvalue weighted by molar-refractivity contribution is 5.92. The Morgan fingerprint density at radius 3 is 2.75 bits per heavy atom. The Morgan fingerprint density at radius 2 is 2.19 bits per heavy atom. The van der Waals surface area contributed by atoms with Crippen LogP contribution in [-0.4, -0.2) is 25.1 Å². The maximum Gasteiger partial charge on any atom is 0.248 e. The van der Waals surface area contributed by atoms with Gasteiger partial charge in [0.25, 0.3) is 0 Å². The van der Waals surface area contributed by atoms with E-state index >= 15 is 0 Å². The Hall–Kier alpha value is -1.39. The first-order valence-corrected chi connectivity index (χ1v) is 5.47. The van der Waals surface area contributed by atoms with Crippen LogP contribution in [0.3, 0.4) is 0 Å². The van der Waals surface area contributed by atoms with Gasteiger partial charge in [-0.3, -0.25) is 4.79 Å². The molecule has 4 heteroatoms. The van der Waals surface area contributed by atoms with Gasteiger partial charge in [0.05, 0.1) is 12.7 Å². The molecule has 86 valence electrons. The molecule has 1 heterocycles. The molecule has 1 fully saturated rings. The number of amides is 1. The SMILES string of the molecule is NC(=O)c1ccc(COC2CCNC2)cc1. The molecule has 0 aliphatic carbocycles. The van der Waals surface area contributed by atoms with E-state index in [2.05, 4.69) is 5.32 Å². The van der Waals surface area contributed by atoms with Gasteiger partial charge in [-0.1, -0.05) is 12.1 Å². The Labute approximate surface area is 94.8 Å². The molecule has 1 aromatic rings. The number of benzene rings is 1. The second-order valence-corrected chi connectivity index (χ2v) is 3.99. The van der Waals surface area contributed by atoms with Crippen LogP contribution in [0.5, 0.6) is 0 Å². The minimum Gasteiger partial charge on any atom is -0.372 e. The van der Waals surface area contributed by atoms with Crippen molar-refractivity contribution in [1.29, 1.82) is 0 Å². The first-order valence-electron chi connectivity index (χ1n) is 5.47. The molecule has 4 nitrogen and oxygen atoms in total. The van der Waals surface area contributed by atoms with Crippen LogP contribution in [0.2, 0.25) is 0 Å². The Balaban J connectivity index is 1.87. The lowest BCUT2D eigenvalue weighted by atomic mass is 10.1. The summed E-state index contributed by atoms with van der Waals surface area (Å²) in [7, 11) is 0. The molecule has 2 rings (SSSR count). The first kappa shape index (κ1) is 11.1. The smallest absolute Gasteiger partial charge is 0.248 e. The molecule has 1 amide bonds. The summed E-state index contributed by atoms with van der Waals surface area (Å²) in [6, 6.07) is 7.22. The van der Waals surface area contributed by atoms with Crippen LogP contribution in [-0.2, 0) is 11.3 Å². The van der Waals surface area contributed by atoms with Crippen LogP contribution in [0.1, 0.15) is 22.3 Å². The lowest BCUT2D eigenvalue weighted by Gasteiger charge is -2.10. The highest BCUT2D eigenvalue weighted by Crippen LogP contribution is 2.09. The van der Waals surface area contributed by atoms with E-state index < -0.39 is 5.91 Å². The summed E-state index contributed by atoms with van der Waals surface area (Å²) < 4.78 is 5.71. The van der Waals surface area contributed by atoms with Crippen LogP contribution in [0, 0.1) is 0 Å². The maximum atomic E-state index is 10.9. The summed E-state index contributed by atoms with van der Waals surface area (Å²) in [6.07, 6.45) is 1.38. The summed E-state index contributed by atoms with van der Waals surface area (Å²) in [5.41, 5.74) is 6.76. The summed E-state index contributed by atoms with van der Waals surface area (Å²) in [6.45, 7) is 2.55. The van der Waals surface area contributed by atoms with Crippen molar-refractivity contribution >= 4 is 5.91 Å². The van der Waals surface area contributed by atoms with E-state index in [1.807, 2.05) is 12.1 Å². The van der Waals surface area contributed by atoms with Crippen molar-refractivity contribution < 1.29 is 9.53 Å². The average molecular weight is 220 g/mol. The number of hydrogen-bond donors (Lipinski definition) is 2. The lowest BCUT2D eigenvalue weighted by molar-refractivity contribution is 0.0542. The number of nitrogens with two attached hydrogens (primary N) is 1. The van der Waals surface area contributed by atoms with Crippen LogP contribution in [0.4, 0.5) is 0 Å². The molecule has 0 saturated carbocycles. The predicted molar refractivity (Wildman–Crippen MR) is 61.0 cm³/mol. The van der Waals surface area contributed by atoms with Crippen molar-refractivity contribution in [2.45, 2.75) is 19.1 Å². The second kappa shape index (κ2) is 5.09. The van der Waals surface area contributed by atoms with Gasteiger partial charge in [0.2, 0.25) is 5.91 Å². The fraction of sp³-hybridized carbons (Fsp3) is 0.417. The largest absolute Gasteiger partial charge is 0.372 e. The molecule has 1 aliphatic heterocycles. The van der Waals surface area contributed by atoms with Crippen LogP contribution >= 0.6 is 0 Å². The third kappa shape index (κ3) is 2.81. The molecule has 1 aromatic carbocycles. The van der Waals surface area contributed by atoms with Gasteiger partial charge in [0.15, 0.2) is 0 Å². The summed E-state index contributed by atoms with van der Waals surface area (Å²) in [4.78, 5) is 10.9. The average Bonchev–Trinajstić information content (AvgIpc) is 2.80.